The van der Waals surface area contributed by atoms with E-state index in [1.54, 1.807) is 13.2 Å². The van der Waals surface area contributed by atoms with Crippen LogP contribution in [-0.4, -0.2) is 67.5 Å². The molecule has 6 nitrogen and oxygen atoms in total. The Kier molecular flexibility index (Phi) is 8.14. The van der Waals surface area contributed by atoms with Crippen molar-refractivity contribution in [2.24, 2.45) is 11.8 Å². The number of methoxy groups -OCH3 is 1. The van der Waals surface area contributed by atoms with Gasteiger partial charge in [0, 0.05) is 38.3 Å². The largest absolute Gasteiger partial charge is 0.497 e. The van der Waals surface area contributed by atoms with E-state index in [2.05, 4.69) is 24.1 Å². The van der Waals surface area contributed by atoms with Crippen LogP contribution in [0.3, 0.4) is 0 Å². The van der Waals surface area contributed by atoms with Crippen LogP contribution in [0.2, 0.25) is 0 Å². The van der Waals surface area contributed by atoms with Crippen molar-refractivity contribution in [1.29, 1.82) is 0 Å². The molecule has 0 bridgehead atoms. The predicted molar refractivity (Wildman–Crippen MR) is 119 cm³/mol. The molecule has 1 atom stereocenters. The number of carbonyl (C=O) groups excluding carboxylic acids is 2. The monoisotopic (exact) mass is 415 g/mol. The van der Waals surface area contributed by atoms with E-state index in [-0.39, 0.29) is 17.9 Å². The van der Waals surface area contributed by atoms with Gasteiger partial charge in [0.05, 0.1) is 13.2 Å². The van der Waals surface area contributed by atoms with E-state index in [4.69, 9.17) is 4.74 Å². The van der Waals surface area contributed by atoms with Gasteiger partial charge in [-0.05, 0) is 49.3 Å². The van der Waals surface area contributed by atoms with Crippen LogP contribution in [0, 0.1) is 11.8 Å². The van der Waals surface area contributed by atoms with Gasteiger partial charge in [-0.25, -0.2) is 0 Å². The standard InChI is InChI=1S/C24H37N3O3/c1-18(2)11-12-25-23(28)22(19-7-4-5-8-19)26-13-15-27(16-14-26)24(29)20-9-6-10-21(17-20)30-3/h6,9-10,17-19,22H,4-5,7-8,11-16H2,1-3H3,(H,25,28)/t22-/m1/s1. The van der Waals surface area contributed by atoms with Gasteiger partial charge < -0.3 is 15.0 Å². The van der Waals surface area contributed by atoms with Crippen LogP contribution in [-0.2, 0) is 4.79 Å². The molecule has 3 rings (SSSR count). The van der Waals surface area contributed by atoms with E-state index >= 15 is 0 Å². The van der Waals surface area contributed by atoms with Crippen molar-refractivity contribution < 1.29 is 14.3 Å². The number of ether oxygens (including phenoxy) is 1. The third-order valence-electron chi connectivity index (χ3n) is 6.45. The molecule has 1 saturated heterocycles. The second kappa shape index (κ2) is 10.8. The molecule has 2 aliphatic rings. The van der Waals surface area contributed by atoms with Gasteiger partial charge in [-0.15, -0.1) is 0 Å². The minimum Gasteiger partial charge on any atom is -0.497 e. The van der Waals surface area contributed by atoms with Crippen LogP contribution in [0.15, 0.2) is 24.3 Å². The van der Waals surface area contributed by atoms with Gasteiger partial charge >= 0.3 is 0 Å². The SMILES string of the molecule is COc1cccc(C(=O)N2CCN([C@@H](C(=O)NCCC(C)C)C3CCCC3)CC2)c1. The van der Waals surface area contributed by atoms with Crippen LogP contribution in [0.25, 0.3) is 0 Å². The van der Waals surface area contributed by atoms with Gasteiger partial charge in [0.2, 0.25) is 5.91 Å². The third-order valence-corrected chi connectivity index (χ3v) is 6.45. The van der Waals surface area contributed by atoms with Crippen LogP contribution in [0.5, 0.6) is 5.75 Å². The van der Waals surface area contributed by atoms with Gasteiger partial charge in [-0.1, -0.05) is 32.8 Å². The Hall–Kier alpha value is -2.08. The maximum Gasteiger partial charge on any atom is 0.254 e. The third kappa shape index (κ3) is 5.75. The Morgan fingerprint density at radius 2 is 1.83 bits per heavy atom. The first-order valence-electron chi connectivity index (χ1n) is 11.4. The lowest BCUT2D eigenvalue weighted by molar-refractivity contribution is -0.129. The molecule has 30 heavy (non-hydrogen) atoms. The normalized spacial score (nSPS) is 19.1. The van der Waals surface area contributed by atoms with E-state index in [9.17, 15) is 9.59 Å². The number of carbonyl (C=O) groups is 2. The molecule has 1 aromatic carbocycles. The fourth-order valence-corrected chi connectivity index (χ4v) is 4.68. The number of rotatable bonds is 8. The van der Waals surface area contributed by atoms with Crippen molar-refractivity contribution in [2.45, 2.75) is 52.0 Å². The highest BCUT2D eigenvalue weighted by Crippen LogP contribution is 2.31. The second-order valence-electron chi connectivity index (χ2n) is 9.02. The summed E-state index contributed by atoms with van der Waals surface area (Å²) in [7, 11) is 1.61. The average molecular weight is 416 g/mol. The molecule has 0 aromatic heterocycles. The van der Waals surface area contributed by atoms with Crippen molar-refractivity contribution in [3.05, 3.63) is 29.8 Å². The summed E-state index contributed by atoms with van der Waals surface area (Å²) in [6.45, 7) is 7.90. The number of hydrogen-bond acceptors (Lipinski definition) is 4. The van der Waals surface area contributed by atoms with Crippen molar-refractivity contribution >= 4 is 11.8 Å². The lowest BCUT2D eigenvalue weighted by Crippen LogP contribution is -2.58. The Balaban J connectivity index is 1.60. The van der Waals surface area contributed by atoms with Gasteiger partial charge in [-0.3, -0.25) is 14.5 Å². The van der Waals surface area contributed by atoms with Crippen molar-refractivity contribution in [1.82, 2.24) is 15.1 Å². The lowest BCUT2D eigenvalue weighted by Gasteiger charge is -2.40. The van der Waals surface area contributed by atoms with E-state index in [1.165, 1.54) is 12.8 Å². The highest BCUT2D eigenvalue weighted by Gasteiger charge is 2.37. The number of piperazine rings is 1. The van der Waals surface area contributed by atoms with Crippen molar-refractivity contribution in [3.63, 3.8) is 0 Å². The van der Waals surface area contributed by atoms with Crippen molar-refractivity contribution in [3.8, 4) is 5.75 Å². The Bertz CT molecular complexity index is 707. The molecular formula is C24H37N3O3. The first-order valence-corrected chi connectivity index (χ1v) is 11.4. The van der Waals surface area contributed by atoms with E-state index in [0.717, 1.165) is 38.9 Å². The van der Waals surface area contributed by atoms with Crippen molar-refractivity contribution in [2.75, 3.05) is 39.8 Å². The molecule has 6 heteroatoms. The maximum atomic E-state index is 13.1. The molecule has 1 aliphatic heterocycles. The summed E-state index contributed by atoms with van der Waals surface area (Å²) in [6.07, 6.45) is 5.70. The summed E-state index contributed by atoms with van der Waals surface area (Å²) in [4.78, 5) is 30.2. The summed E-state index contributed by atoms with van der Waals surface area (Å²) in [6, 6.07) is 7.26. The smallest absolute Gasteiger partial charge is 0.254 e. The van der Waals surface area contributed by atoms with Gasteiger partial charge in [-0.2, -0.15) is 0 Å². The molecule has 166 valence electrons. The molecule has 1 aromatic rings. The maximum absolute atomic E-state index is 13.1. The quantitative estimate of drug-likeness (QED) is 0.708. The fraction of sp³-hybridized carbons (Fsp3) is 0.667. The predicted octanol–water partition coefficient (Wildman–Crippen LogP) is 3.17. The second-order valence-corrected chi connectivity index (χ2v) is 9.02. The molecule has 0 spiro atoms. The Labute approximate surface area is 180 Å². The lowest BCUT2D eigenvalue weighted by atomic mass is 9.94. The summed E-state index contributed by atoms with van der Waals surface area (Å²) >= 11 is 0. The zero-order valence-corrected chi connectivity index (χ0v) is 18.7. The van der Waals surface area contributed by atoms with Gasteiger partial charge in [0.15, 0.2) is 0 Å². The van der Waals surface area contributed by atoms with E-state index in [0.29, 0.717) is 36.2 Å². The zero-order valence-electron chi connectivity index (χ0n) is 18.7. The van der Waals surface area contributed by atoms with Gasteiger partial charge in [0.1, 0.15) is 5.75 Å². The molecular weight excluding hydrogens is 378 g/mol. The minimum atomic E-state index is -0.0614. The highest BCUT2D eigenvalue weighted by atomic mass is 16.5. The number of benzene rings is 1. The Morgan fingerprint density at radius 1 is 1.13 bits per heavy atom. The first-order chi connectivity index (χ1) is 14.5. The van der Waals surface area contributed by atoms with Crippen LogP contribution >= 0.6 is 0 Å². The summed E-state index contributed by atoms with van der Waals surface area (Å²) in [5.74, 6) is 1.92. The molecule has 1 N–H and O–H groups in total. The zero-order chi connectivity index (χ0) is 21.5. The summed E-state index contributed by atoms with van der Waals surface area (Å²) < 4.78 is 5.25. The van der Waals surface area contributed by atoms with Gasteiger partial charge in [0.25, 0.3) is 5.91 Å². The number of nitrogens with one attached hydrogen (secondary N) is 1. The number of nitrogens with zero attached hydrogens (tertiary/aromatic N) is 2. The van der Waals surface area contributed by atoms with Crippen LogP contribution in [0.1, 0.15) is 56.3 Å². The average Bonchev–Trinajstić information content (AvgIpc) is 3.28. The first kappa shape index (κ1) is 22.6. The summed E-state index contributed by atoms with van der Waals surface area (Å²) in [5.41, 5.74) is 0.654. The van der Waals surface area contributed by atoms with Crippen LogP contribution in [0.4, 0.5) is 0 Å². The van der Waals surface area contributed by atoms with E-state index < -0.39 is 0 Å². The molecule has 2 amide bonds. The topological polar surface area (TPSA) is 61.9 Å². The summed E-state index contributed by atoms with van der Waals surface area (Å²) in [5, 5.41) is 3.19. The molecule has 1 saturated carbocycles. The fourth-order valence-electron chi connectivity index (χ4n) is 4.68. The molecule has 1 aliphatic carbocycles. The number of amides is 2. The highest BCUT2D eigenvalue weighted by molar-refractivity contribution is 5.94. The van der Waals surface area contributed by atoms with E-state index in [1.807, 2.05) is 23.1 Å². The molecule has 0 radical (unpaired) electrons. The molecule has 1 heterocycles. The number of hydrogen-bond donors (Lipinski definition) is 1. The van der Waals surface area contributed by atoms with Crippen LogP contribution < -0.4 is 10.1 Å². The molecule has 2 fully saturated rings. The minimum absolute atomic E-state index is 0.0346. The molecule has 0 unspecified atom stereocenters. The Morgan fingerprint density at radius 3 is 2.47 bits per heavy atom.